The van der Waals surface area contributed by atoms with Crippen LogP contribution in [0.2, 0.25) is 0 Å². The van der Waals surface area contributed by atoms with Gasteiger partial charge < -0.3 is 14.2 Å². The highest BCUT2D eigenvalue weighted by atomic mass is 16.6. The summed E-state index contributed by atoms with van der Waals surface area (Å²) in [7, 11) is 0. The molecule has 0 N–H and O–H groups in total. The van der Waals surface area contributed by atoms with Crippen LogP contribution in [0, 0.1) is 0 Å². The second kappa shape index (κ2) is 64.1. The van der Waals surface area contributed by atoms with Crippen LogP contribution in [-0.4, -0.2) is 37.2 Å². The van der Waals surface area contributed by atoms with Gasteiger partial charge in [0, 0.05) is 19.3 Å². The van der Waals surface area contributed by atoms with E-state index in [1.165, 1.54) is 83.5 Å². The fourth-order valence-corrected chi connectivity index (χ4v) is 8.50. The van der Waals surface area contributed by atoms with Crippen LogP contribution in [0.5, 0.6) is 0 Å². The normalized spacial score (nSPS) is 13.0. The molecule has 0 rings (SSSR count). The molecule has 0 saturated carbocycles. The van der Waals surface area contributed by atoms with Crippen LogP contribution in [0.25, 0.3) is 0 Å². The van der Waals surface area contributed by atoms with Gasteiger partial charge in [0.2, 0.25) is 0 Å². The maximum absolute atomic E-state index is 12.9. The Morgan fingerprint density at radius 1 is 0.260 bits per heavy atom. The van der Waals surface area contributed by atoms with E-state index in [1.807, 2.05) is 0 Å². The maximum atomic E-state index is 12.9. The average molecular weight is 1070 g/mol. The summed E-state index contributed by atoms with van der Waals surface area (Å²) < 4.78 is 16.9. The molecule has 0 bridgehead atoms. The van der Waals surface area contributed by atoms with Crippen molar-refractivity contribution in [3.8, 4) is 0 Å². The van der Waals surface area contributed by atoms with Gasteiger partial charge in [-0.2, -0.15) is 0 Å². The molecule has 0 aromatic rings. The van der Waals surface area contributed by atoms with E-state index in [9.17, 15) is 14.4 Å². The molecule has 0 amide bonds. The van der Waals surface area contributed by atoms with Crippen molar-refractivity contribution < 1.29 is 28.6 Å². The summed E-state index contributed by atoms with van der Waals surface area (Å²) in [6.45, 7) is 6.29. The number of ether oxygens (including phenoxy) is 3. The number of hydrogen-bond acceptors (Lipinski definition) is 6. The molecule has 0 aromatic carbocycles. The molecule has 0 aliphatic heterocycles. The van der Waals surface area contributed by atoms with Gasteiger partial charge in [-0.15, -0.1) is 0 Å². The molecular formula is C71H116O6. The van der Waals surface area contributed by atoms with E-state index in [1.54, 1.807) is 0 Å². The van der Waals surface area contributed by atoms with Crippen LogP contribution >= 0.6 is 0 Å². The molecule has 0 saturated heterocycles. The van der Waals surface area contributed by atoms with Crippen LogP contribution in [0.4, 0.5) is 0 Å². The summed E-state index contributed by atoms with van der Waals surface area (Å²) in [5, 5.41) is 0. The zero-order valence-electron chi connectivity index (χ0n) is 49.9. The van der Waals surface area contributed by atoms with E-state index in [0.717, 1.165) is 154 Å². The van der Waals surface area contributed by atoms with Crippen molar-refractivity contribution in [2.75, 3.05) is 13.2 Å². The topological polar surface area (TPSA) is 78.9 Å². The summed E-state index contributed by atoms with van der Waals surface area (Å²) in [6.07, 6.45) is 90.2. The first kappa shape index (κ1) is 72.5. The van der Waals surface area contributed by atoms with Gasteiger partial charge >= 0.3 is 17.9 Å². The lowest BCUT2D eigenvalue weighted by atomic mass is 10.1. The monoisotopic (exact) mass is 1060 g/mol. The Bertz CT molecular complexity index is 1650. The molecule has 0 aliphatic rings. The van der Waals surface area contributed by atoms with E-state index in [0.29, 0.717) is 19.3 Å². The molecule has 1 unspecified atom stereocenters. The van der Waals surface area contributed by atoms with Crippen LogP contribution in [-0.2, 0) is 28.6 Å². The second-order valence-electron chi connectivity index (χ2n) is 20.5. The minimum Gasteiger partial charge on any atom is -0.462 e. The number of allylic oxidation sites excluding steroid dienone is 22. The predicted molar refractivity (Wildman–Crippen MR) is 334 cm³/mol. The first-order valence-electron chi connectivity index (χ1n) is 31.7. The minimum absolute atomic E-state index is 0.0926. The fourth-order valence-electron chi connectivity index (χ4n) is 8.50. The zero-order valence-corrected chi connectivity index (χ0v) is 49.9. The highest BCUT2D eigenvalue weighted by Gasteiger charge is 2.19. The number of esters is 3. The molecule has 0 aliphatic carbocycles. The average Bonchev–Trinajstić information content (AvgIpc) is 3.43. The summed E-state index contributed by atoms with van der Waals surface area (Å²) in [5.74, 6) is -0.919. The van der Waals surface area contributed by atoms with E-state index >= 15 is 0 Å². The molecule has 0 fully saturated rings. The van der Waals surface area contributed by atoms with Crippen molar-refractivity contribution in [2.24, 2.45) is 0 Å². The van der Waals surface area contributed by atoms with Gasteiger partial charge in [0.25, 0.3) is 0 Å². The number of hydrogen-bond donors (Lipinski definition) is 0. The van der Waals surface area contributed by atoms with E-state index in [2.05, 4.69) is 154 Å². The van der Waals surface area contributed by atoms with Gasteiger partial charge in [-0.3, -0.25) is 14.4 Å². The van der Waals surface area contributed by atoms with Gasteiger partial charge in [-0.25, -0.2) is 0 Å². The minimum atomic E-state index is -0.798. The molecule has 0 spiro atoms. The van der Waals surface area contributed by atoms with Gasteiger partial charge in [0.05, 0.1) is 0 Å². The molecule has 0 heterocycles. The third-order valence-electron chi connectivity index (χ3n) is 13.1. The maximum Gasteiger partial charge on any atom is 0.306 e. The van der Waals surface area contributed by atoms with Crippen molar-refractivity contribution in [3.63, 3.8) is 0 Å². The first-order chi connectivity index (χ1) is 38.0. The first-order valence-corrected chi connectivity index (χ1v) is 31.7. The van der Waals surface area contributed by atoms with Crippen LogP contribution in [0.15, 0.2) is 134 Å². The van der Waals surface area contributed by atoms with Crippen LogP contribution in [0.1, 0.15) is 278 Å². The quantitative estimate of drug-likeness (QED) is 0.0261. The van der Waals surface area contributed by atoms with Crippen molar-refractivity contribution in [3.05, 3.63) is 134 Å². The molecule has 6 nitrogen and oxygen atoms in total. The lowest BCUT2D eigenvalue weighted by Gasteiger charge is -2.18. The summed E-state index contributed by atoms with van der Waals surface area (Å²) in [5.41, 5.74) is 0. The molecule has 0 aromatic heterocycles. The Morgan fingerprint density at radius 3 is 0.727 bits per heavy atom. The van der Waals surface area contributed by atoms with Gasteiger partial charge in [0.15, 0.2) is 6.10 Å². The van der Waals surface area contributed by atoms with Crippen molar-refractivity contribution in [1.82, 2.24) is 0 Å². The highest BCUT2D eigenvalue weighted by Crippen LogP contribution is 2.15. The Kier molecular flexibility index (Phi) is 60.4. The van der Waals surface area contributed by atoms with Crippen molar-refractivity contribution in [1.29, 1.82) is 0 Å². The largest absolute Gasteiger partial charge is 0.462 e. The zero-order chi connectivity index (χ0) is 55.7. The lowest BCUT2D eigenvalue weighted by Crippen LogP contribution is -2.30. The fraction of sp³-hybridized carbons (Fsp3) is 0.648. The summed E-state index contributed by atoms with van der Waals surface area (Å²) in [4.78, 5) is 38.4. The molecular weight excluding hydrogens is 949 g/mol. The highest BCUT2D eigenvalue weighted by molar-refractivity contribution is 5.71. The number of rotatable bonds is 56. The molecule has 6 heteroatoms. The Hall–Kier alpha value is -4.45. The smallest absolute Gasteiger partial charge is 0.306 e. The van der Waals surface area contributed by atoms with Crippen molar-refractivity contribution >= 4 is 17.9 Å². The van der Waals surface area contributed by atoms with E-state index in [4.69, 9.17) is 14.2 Å². The molecule has 1 atom stereocenters. The molecule has 77 heavy (non-hydrogen) atoms. The van der Waals surface area contributed by atoms with Gasteiger partial charge in [-0.05, 0) is 128 Å². The Labute approximate surface area is 475 Å². The van der Waals surface area contributed by atoms with Gasteiger partial charge in [-0.1, -0.05) is 264 Å². The number of unbranched alkanes of at least 4 members (excludes halogenated alkanes) is 23. The Balaban J connectivity index is 4.41. The molecule has 0 radical (unpaired) electrons. The van der Waals surface area contributed by atoms with Crippen molar-refractivity contribution in [2.45, 2.75) is 284 Å². The summed E-state index contributed by atoms with van der Waals surface area (Å²) >= 11 is 0. The number of carbonyl (C=O) groups excluding carboxylic acids is 3. The lowest BCUT2D eigenvalue weighted by molar-refractivity contribution is -0.167. The third-order valence-corrected chi connectivity index (χ3v) is 13.1. The standard InChI is InChI=1S/C71H116O6/c1-4-7-10-13-16-19-22-25-28-30-32-34-35-37-38-40-43-46-49-52-55-58-61-64-70(73)76-67-68(66-75-69(72)63-60-57-54-51-48-45-42-27-24-21-18-15-12-9-6-3)77-71(74)65-62-59-56-53-50-47-44-41-39-36-33-31-29-26-23-20-17-14-11-8-5-2/h7-12,16-21,25-29,32-34,36,42,68H,4-6,13-15,22-24,30-31,35,37-41,43-67H2,1-3H3/b10-7-,11-8-,12-9-,19-16-,20-17-,21-18-,28-25-,29-26-,34-32-,36-33-,42-27-. The van der Waals surface area contributed by atoms with E-state index in [-0.39, 0.29) is 31.1 Å². The SMILES string of the molecule is CC/C=C\C/C=C\C/C=C\C/C=C\CCCCCCCCCCCCC(=O)OCC(COC(=O)CCCCCCC/C=C\C/C=C\C/C=C\CC)OC(=O)CCCCCCCCCC/C=C\C/C=C\C/C=C\C/C=C\CC. The van der Waals surface area contributed by atoms with Gasteiger partial charge in [0.1, 0.15) is 13.2 Å². The van der Waals surface area contributed by atoms with Crippen LogP contribution in [0.3, 0.4) is 0 Å². The number of carbonyl (C=O) groups is 3. The third kappa shape index (κ3) is 62.3. The predicted octanol–water partition coefficient (Wildman–Crippen LogP) is 21.8. The molecule has 436 valence electrons. The Morgan fingerprint density at radius 2 is 0.468 bits per heavy atom. The van der Waals surface area contributed by atoms with E-state index < -0.39 is 6.10 Å². The van der Waals surface area contributed by atoms with Crippen LogP contribution < -0.4 is 0 Å². The second-order valence-corrected chi connectivity index (χ2v) is 20.5. The summed E-state index contributed by atoms with van der Waals surface area (Å²) in [6, 6.07) is 0.